The molecule has 276 valence electrons. The number of hydrogen-bond donors (Lipinski definition) is 6. The summed E-state index contributed by atoms with van der Waals surface area (Å²) >= 11 is 0. The predicted molar refractivity (Wildman–Crippen MR) is 191 cm³/mol. The Labute approximate surface area is 299 Å². The molecule has 14 nitrogen and oxygen atoms in total. The minimum absolute atomic E-state index is 0.0266. The number of rotatable bonds is 9. The zero-order valence-electron chi connectivity index (χ0n) is 29.8. The lowest BCUT2D eigenvalue weighted by atomic mass is 10.0. The van der Waals surface area contributed by atoms with Crippen molar-refractivity contribution in [1.82, 2.24) is 31.5 Å². The summed E-state index contributed by atoms with van der Waals surface area (Å²) in [5.41, 5.74) is 7.10. The maximum Gasteiger partial charge on any atom is 0.251 e. The molecule has 0 spiro atoms. The van der Waals surface area contributed by atoms with Gasteiger partial charge >= 0.3 is 0 Å². The van der Waals surface area contributed by atoms with E-state index in [1.54, 1.807) is 36.1 Å². The second-order valence-electron chi connectivity index (χ2n) is 13.3. The number of amides is 7. The van der Waals surface area contributed by atoms with Crippen LogP contribution in [0, 0.1) is 5.92 Å². The summed E-state index contributed by atoms with van der Waals surface area (Å²) in [5.74, 6) is -3.41. The highest BCUT2D eigenvalue weighted by Gasteiger charge is 2.30. The van der Waals surface area contributed by atoms with Crippen LogP contribution in [0.5, 0.6) is 0 Å². The molecule has 0 aromatic heterocycles. The molecule has 4 atom stereocenters. The van der Waals surface area contributed by atoms with Gasteiger partial charge in [-0.05, 0) is 61.8 Å². The van der Waals surface area contributed by atoms with Crippen LogP contribution in [-0.4, -0.2) is 83.5 Å². The smallest absolute Gasteiger partial charge is 0.251 e. The van der Waals surface area contributed by atoms with Gasteiger partial charge in [-0.1, -0.05) is 56.3 Å². The van der Waals surface area contributed by atoms with Crippen molar-refractivity contribution >= 4 is 41.4 Å². The largest absolute Gasteiger partial charge is 0.370 e. The van der Waals surface area contributed by atoms with Crippen LogP contribution < -0.4 is 32.3 Å². The Kier molecular flexibility index (Phi) is 15.6. The quantitative estimate of drug-likeness (QED) is 0.209. The van der Waals surface area contributed by atoms with Gasteiger partial charge in [0.25, 0.3) is 5.91 Å². The van der Waals surface area contributed by atoms with Crippen LogP contribution >= 0.6 is 0 Å². The number of primary amides is 1. The van der Waals surface area contributed by atoms with E-state index in [2.05, 4.69) is 26.6 Å². The first-order valence-electron chi connectivity index (χ1n) is 17.4. The maximum absolute atomic E-state index is 13.7. The topological polar surface area (TPSA) is 209 Å². The van der Waals surface area contributed by atoms with Crippen molar-refractivity contribution in [2.45, 2.75) is 96.9 Å². The highest BCUT2D eigenvalue weighted by molar-refractivity contribution is 5.99. The van der Waals surface area contributed by atoms with E-state index in [-0.39, 0.29) is 50.4 Å². The van der Waals surface area contributed by atoms with Gasteiger partial charge in [-0.2, -0.15) is 0 Å². The van der Waals surface area contributed by atoms with E-state index in [1.807, 2.05) is 44.2 Å². The Balaban J connectivity index is 1.94. The minimum Gasteiger partial charge on any atom is -0.370 e. The molecule has 2 bridgehead atoms. The Hall–Kier alpha value is -5.27. The molecule has 2 aliphatic rings. The highest BCUT2D eigenvalue weighted by atomic mass is 16.2. The van der Waals surface area contributed by atoms with Crippen LogP contribution in [0.3, 0.4) is 0 Å². The molecular formula is C37H51N7O7. The third kappa shape index (κ3) is 13.5. The van der Waals surface area contributed by atoms with Crippen molar-refractivity contribution in [3.63, 3.8) is 0 Å². The van der Waals surface area contributed by atoms with Crippen LogP contribution in [0.4, 0.5) is 0 Å². The second-order valence-corrected chi connectivity index (χ2v) is 13.3. The maximum atomic E-state index is 13.7. The first-order valence-corrected chi connectivity index (χ1v) is 17.4. The Bertz CT molecular complexity index is 1530. The lowest BCUT2D eigenvalue weighted by Crippen LogP contribution is -2.57. The van der Waals surface area contributed by atoms with Crippen molar-refractivity contribution < 1.29 is 33.6 Å². The third-order valence-electron chi connectivity index (χ3n) is 8.41. The van der Waals surface area contributed by atoms with Gasteiger partial charge in [0.05, 0.1) is 0 Å². The number of fused-ring (bicyclic) bond motifs is 18. The van der Waals surface area contributed by atoms with Crippen LogP contribution in [0.2, 0.25) is 0 Å². The number of hydrogen-bond acceptors (Lipinski definition) is 7. The number of carbonyl (C=O) groups is 7. The standard InChI is InChI=1S/C37H51N7O7/c1-23(2)20-30-35(49)40-24(3)33(47)39-18-8-9-19-44(37(51)29(41-25(4)45)16-17-32(38)46)22-27-12-14-28(15-13-27)34(48)42-31(36(50)43-30)21-26-10-6-5-7-11-26/h5-7,10-15,23-24,29-31H,8-9,16-22H2,1-4H3,(H2,38,46)(H,39,47)(H,40,49)(H,41,45)(H,42,48)(H,43,50)/t24-,29+,30+,31-/m1/s1. The molecule has 4 rings (SSSR count). The van der Waals surface area contributed by atoms with E-state index >= 15 is 0 Å². The van der Waals surface area contributed by atoms with Crippen molar-refractivity contribution in [3.8, 4) is 0 Å². The monoisotopic (exact) mass is 705 g/mol. The third-order valence-corrected chi connectivity index (χ3v) is 8.41. The highest BCUT2D eigenvalue weighted by Crippen LogP contribution is 2.14. The van der Waals surface area contributed by atoms with Gasteiger partial charge in [0.15, 0.2) is 0 Å². The van der Waals surface area contributed by atoms with Gasteiger partial charge in [0.2, 0.25) is 35.4 Å². The van der Waals surface area contributed by atoms with Crippen molar-refractivity contribution in [2.75, 3.05) is 13.1 Å². The Morgan fingerprint density at radius 2 is 1.55 bits per heavy atom. The number of nitrogens with zero attached hydrogens (tertiary/aromatic N) is 1. The average Bonchev–Trinajstić information content (AvgIpc) is 3.08. The molecule has 0 unspecified atom stereocenters. The van der Waals surface area contributed by atoms with Crippen LogP contribution in [0.25, 0.3) is 0 Å². The molecule has 0 fully saturated rings. The molecule has 0 saturated carbocycles. The molecular weight excluding hydrogens is 654 g/mol. The van der Waals surface area contributed by atoms with Gasteiger partial charge < -0.3 is 37.2 Å². The summed E-state index contributed by atoms with van der Waals surface area (Å²) in [6.07, 6.45) is 1.38. The van der Waals surface area contributed by atoms with Crippen LogP contribution in [-0.2, 0) is 41.7 Å². The molecule has 14 heteroatoms. The second kappa shape index (κ2) is 19.8. The van der Waals surface area contributed by atoms with Crippen LogP contribution in [0.15, 0.2) is 54.6 Å². The van der Waals surface area contributed by atoms with Gasteiger partial charge in [-0.25, -0.2) is 0 Å². The van der Waals surface area contributed by atoms with Crippen molar-refractivity contribution in [1.29, 1.82) is 0 Å². The summed E-state index contributed by atoms with van der Waals surface area (Å²) in [7, 11) is 0. The first-order chi connectivity index (χ1) is 24.2. The van der Waals surface area contributed by atoms with Crippen LogP contribution in [0.1, 0.15) is 81.3 Å². The van der Waals surface area contributed by atoms with E-state index in [1.165, 1.54) is 6.92 Å². The van der Waals surface area contributed by atoms with Crippen molar-refractivity contribution in [2.24, 2.45) is 11.7 Å². The van der Waals surface area contributed by atoms with E-state index < -0.39 is 65.5 Å². The molecule has 7 N–H and O–H groups in total. The molecule has 0 saturated heterocycles. The number of nitrogens with one attached hydrogen (secondary N) is 5. The van der Waals surface area contributed by atoms with E-state index in [0.717, 1.165) is 5.56 Å². The van der Waals surface area contributed by atoms with E-state index in [0.29, 0.717) is 24.8 Å². The van der Waals surface area contributed by atoms with Crippen molar-refractivity contribution in [3.05, 3.63) is 71.3 Å². The number of nitrogens with two attached hydrogens (primary N) is 1. The Morgan fingerprint density at radius 3 is 2.18 bits per heavy atom. The van der Waals surface area contributed by atoms with Gasteiger partial charge in [0.1, 0.15) is 24.2 Å². The fraction of sp³-hybridized carbons (Fsp3) is 0.486. The summed E-state index contributed by atoms with van der Waals surface area (Å²) in [4.78, 5) is 92.3. The lowest BCUT2D eigenvalue weighted by molar-refractivity contribution is -0.137. The average molecular weight is 706 g/mol. The summed E-state index contributed by atoms with van der Waals surface area (Å²) in [6, 6.07) is 11.9. The fourth-order valence-electron chi connectivity index (χ4n) is 5.71. The molecule has 2 aromatic rings. The summed E-state index contributed by atoms with van der Waals surface area (Å²) in [5, 5.41) is 13.8. The molecule has 2 aromatic carbocycles. The molecule has 0 aliphatic carbocycles. The zero-order chi connectivity index (χ0) is 37.5. The van der Waals surface area contributed by atoms with Gasteiger partial charge in [-0.15, -0.1) is 0 Å². The number of carbonyl (C=O) groups excluding carboxylic acids is 7. The minimum atomic E-state index is -1.03. The molecule has 51 heavy (non-hydrogen) atoms. The van der Waals surface area contributed by atoms with E-state index in [9.17, 15) is 33.6 Å². The number of benzene rings is 2. The zero-order valence-corrected chi connectivity index (χ0v) is 29.8. The molecule has 2 heterocycles. The van der Waals surface area contributed by atoms with Gasteiger partial charge in [-0.3, -0.25) is 33.6 Å². The normalized spacial score (nSPS) is 20.3. The predicted octanol–water partition coefficient (Wildman–Crippen LogP) is 1.07. The van der Waals surface area contributed by atoms with Gasteiger partial charge in [0, 0.05) is 45.0 Å². The summed E-state index contributed by atoms with van der Waals surface area (Å²) in [6.45, 7) is 7.34. The lowest BCUT2D eigenvalue weighted by Gasteiger charge is -2.28. The fourth-order valence-corrected chi connectivity index (χ4v) is 5.71. The molecule has 7 amide bonds. The molecule has 0 radical (unpaired) electrons. The SMILES string of the molecule is CC(=O)N[C@@H](CCC(N)=O)C(=O)N1CCCCNC(=O)[C@@H](C)NC(=O)[C@H](CC(C)C)NC(=O)[C@@H](Cc2ccccc2)NC(=O)c2ccc(cc2)C1. The Morgan fingerprint density at radius 1 is 0.882 bits per heavy atom. The first kappa shape index (κ1) is 40.2. The molecule has 2 aliphatic heterocycles. The van der Waals surface area contributed by atoms with E-state index in [4.69, 9.17) is 5.73 Å². The summed E-state index contributed by atoms with van der Waals surface area (Å²) < 4.78 is 0.